The van der Waals surface area contributed by atoms with Gasteiger partial charge in [-0.2, -0.15) is 0 Å². The van der Waals surface area contributed by atoms with Crippen LogP contribution in [-0.2, 0) is 28.3 Å². The zero-order valence-corrected chi connectivity index (χ0v) is 23.4. The fraction of sp³-hybridized carbons (Fsp3) is 0.286. The molecule has 2 amide bonds. The Balaban J connectivity index is 1.87. The van der Waals surface area contributed by atoms with E-state index < -0.39 is 11.9 Å². The Bertz CT molecular complexity index is 1160. The zero-order chi connectivity index (χ0) is 26.1. The smallest absolute Gasteiger partial charge is 0.243 e. The molecule has 0 unspecified atom stereocenters. The highest BCUT2D eigenvalue weighted by Gasteiger charge is 2.30. The molecule has 190 valence electrons. The first-order valence-electron chi connectivity index (χ1n) is 11.6. The molecular formula is C28H29BrClFN2O2S. The van der Waals surface area contributed by atoms with Crippen molar-refractivity contribution in [3.63, 3.8) is 0 Å². The van der Waals surface area contributed by atoms with Crippen LogP contribution in [0.25, 0.3) is 0 Å². The Kier molecular flexibility index (Phi) is 10.8. The topological polar surface area (TPSA) is 49.4 Å². The second-order valence-corrected chi connectivity index (χ2v) is 11.0. The Morgan fingerprint density at radius 1 is 1.03 bits per heavy atom. The molecule has 1 N–H and O–H groups in total. The number of carbonyl (C=O) groups excluding carboxylic acids is 2. The van der Waals surface area contributed by atoms with Crippen molar-refractivity contribution in [3.8, 4) is 0 Å². The van der Waals surface area contributed by atoms with E-state index in [1.807, 2.05) is 68.4 Å². The van der Waals surface area contributed by atoms with Crippen LogP contribution in [0.15, 0.2) is 77.3 Å². The summed E-state index contributed by atoms with van der Waals surface area (Å²) in [6.45, 7) is 4.06. The van der Waals surface area contributed by atoms with Crippen molar-refractivity contribution < 1.29 is 14.0 Å². The SMILES string of the molecule is CC(C)NC(=O)[C@H](Cc1ccccc1)N(Cc1cccc(Br)c1)C(=O)CSCc1c(F)cccc1Cl. The van der Waals surface area contributed by atoms with Gasteiger partial charge < -0.3 is 10.2 Å². The molecule has 3 rings (SSSR count). The molecule has 0 aliphatic rings. The van der Waals surface area contributed by atoms with Gasteiger partial charge in [0.1, 0.15) is 11.9 Å². The summed E-state index contributed by atoms with van der Waals surface area (Å²) in [7, 11) is 0. The zero-order valence-electron chi connectivity index (χ0n) is 20.2. The highest BCUT2D eigenvalue weighted by molar-refractivity contribution is 9.10. The van der Waals surface area contributed by atoms with Gasteiger partial charge in [-0.15, -0.1) is 11.8 Å². The van der Waals surface area contributed by atoms with E-state index in [0.717, 1.165) is 15.6 Å². The van der Waals surface area contributed by atoms with Gasteiger partial charge in [-0.3, -0.25) is 9.59 Å². The molecule has 1 atom stereocenters. The molecular weight excluding hydrogens is 563 g/mol. The Labute approximate surface area is 229 Å². The molecule has 0 heterocycles. The molecule has 3 aromatic rings. The van der Waals surface area contributed by atoms with Gasteiger partial charge in [-0.05, 0) is 49.2 Å². The first-order valence-corrected chi connectivity index (χ1v) is 14.0. The summed E-state index contributed by atoms with van der Waals surface area (Å²) in [5, 5.41) is 3.31. The summed E-state index contributed by atoms with van der Waals surface area (Å²) < 4.78 is 15.1. The van der Waals surface area contributed by atoms with Gasteiger partial charge in [0.05, 0.1) is 5.75 Å². The van der Waals surface area contributed by atoms with Crippen molar-refractivity contribution in [3.05, 3.63) is 105 Å². The lowest BCUT2D eigenvalue weighted by Crippen LogP contribution is -2.52. The molecule has 0 aliphatic heterocycles. The van der Waals surface area contributed by atoms with E-state index in [0.29, 0.717) is 17.0 Å². The fourth-order valence-electron chi connectivity index (χ4n) is 3.76. The van der Waals surface area contributed by atoms with E-state index in [4.69, 9.17) is 11.6 Å². The number of nitrogens with one attached hydrogen (secondary N) is 1. The van der Waals surface area contributed by atoms with Gasteiger partial charge in [-0.1, -0.05) is 76.1 Å². The van der Waals surface area contributed by atoms with Crippen molar-refractivity contribution in [2.75, 3.05) is 5.75 Å². The van der Waals surface area contributed by atoms with E-state index in [-0.39, 0.29) is 35.9 Å². The van der Waals surface area contributed by atoms with Crippen molar-refractivity contribution >= 4 is 51.1 Å². The number of hydrogen-bond donors (Lipinski definition) is 1. The van der Waals surface area contributed by atoms with E-state index in [1.165, 1.54) is 17.8 Å². The number of halogens is 3. The van der Waals surface area contributed by atoms with Gasteiger partial charge >= 0.3 is 0 Å². The largest absolute Gasteiger partial charge is 0.352 e. The van der Waals surface area contributed by atoms with Crippen LogP contribution in [0.2, 0.25) is 5.02 Å². The maximum atomic E-state index is 14.2. The number of nitrogens with zero attached hydrogens (tertiary/aromatic N) is 1. The van der Waals surface area contributed by atoms with Crippen LogP contribution in [0.4, 0.5) is 4.39 Å². The summed E-state index contributed by atoms with van der Waals surface area (Å²) in [5.41, 5.74) is 2.23. The van der Waals surface area contributed by atoms with Gasteiger partial charge in [0.2, 0.25) is 11.8 Å². The van der Waals surface area contributed by atoms with Crippen molar-refractivity contribution in [2.45, 2.75) is 44.6 Å². The molecule has 3 aromatic carbocycles. The van der Waals surface area contributed by atoms with Crippen LogP contribution in [-0.4, -0.2) is 34.6 Å². The molecule has 0 radical (unpaired) electrons. The average Bonchev–Trinajstić information content (AvgIpc) is 2.83. The van der Waals surface area contributed by atoms with Crippen LogP contribution in [0.5, 0.6) is 0 Å². The van der Waals surface area contributed by atoms with Crippen molar-refractivity contribution in [1.82, 2.24) is 10.2 Å². The standard InChI is InChI=1S/C28H29BrClFN2O2S/c1-19(2)32-28(35)26(15-20-8-4-3-5-9-20)33(16-21-10-6-11-22(29)14-21)27(34)18-36-17-23-24(30)12-7-13-25(23)31/h3-14,19,26H,15-18H2,1-2H3,(H,32,35)/t26-/m0/s1. The maximum Gasteiger partial charge on any atom is 0.243 e. The fourth-order valence-corrected chi connectivity index (χ4v) is 5.46. The third kappa shape index (κ3) is 8.36. The average molecular weight is 592 g/mol. The minimum atomic E-state index is -0.709. The molecule has 36 heavy (non-hydrogen) atoms. The van der Waals surface area contributed by atoms with E-state index >= 15 is 0 Å². The third-order valence-corrected chi connectivity index (χ3v) is 7.27. The summed E-state index contributed by atoms with van der Waals surface area (Å²) >= 11 is 10.9. The normalized spacial score (nSPS) is 11.8. The Hall–Kier alpha value is -2.35. The summed E-state index contributed by atoms with van der Waals surface area (Å²) in [6, 6.07) is 21.1. The van der Waals surface area contributed by atoms with Gasteiger partial charge in [0, 0.05) is 39.8 Å². The first kappa shape index (κ1) is 28.2. The second-order valence-electron chi connectivity index (χ2n) is 8.71. The molecule has 0 saturated carbocycles. The number of thioether (sulfide) groups is 1. The van der Waals surface area contributed by atoms with Crippen LogP contribution in [0, 0.1) is 5.82 Å². The lowest BCUT2D eigenvalue weighted by molar-refractivity contribution is -0.139. The minimum Gasteiger partial charge on any atom is -0.352 e. The Morgan fingerprint density at radius 2 is 1.72 bits per heavy atom. The number of amides is 2. The van der Waals surface area contributed by atoms with E-state index in [1.54, 1.807) is 17.0 Å². The van der Waals surface area contributed by atoms with Crippen molar-refractivity contribution in [2.24, 2.45) is 0 Å². The number of carbonyl (C=O) groups is 2. The molecule has 0 bridgehead atoms. The first-order chi connectivity index (χ1) is 17.2. The second kappa shape index (κ2) is 13.8. The molecule has 0 spiro atoms. The lowest BCUT2D eigenvalue weighted by atomic mass is 10.0. The molecule has 0 fully saturated rings. The van der Waals surface area contributed by atoms with Crippen LogP contribution >= 0.6 is 39.3 Å². The van der Waals surface area contributed by atoms with Crippen molar-refractivity contribution in [1.29, 1.82) is 0 Å². The van der Waals surface area contributed by atoms with Crippen LogP contribution < -0.4 is 5.32 Å². The highest BCUT2D eigenvalue weighted by Crippen LogP contribution is 2.25. The minimum absolute atomic E-state index is 0.0730. The lowest BCUT2D eigenvalue weighted by Gasteiger charge is -2.32. The number of hydrogen-bond acceptors (Lipinski definition) is 3. The quantitative estimate of drug-likeness (QED) is 0.272. The maximum absolute atomic E-state index is 14.2. The monoisotopic (exact) mass is 590 g/mol. The Morgan fingerprint density at radius 3 is 2.39 bits per heavy atom. The molecule has 0 aromatic heterocycles. The molecule has 0 aliphatic carbocycles. The van der Waals surface area contributed by atoms with Crippen LogP contribution in [0.1, 0.15) is 30.5 Å². The summed E-state index contributed by atoms with van der Waals surface area (Å²) in [5.74, 6) is -0.471. The summed E-state index contributed by atoms with van der Waals surface area (Å²) in [6.07, 6.45) is 0.378. The van der Waals surface area contributed by atoms with Gasteiger partial charge in [0.15, 0.2) is 0 Å². The molecule has 8 heteroatoms. The summed E-state index contributed by atoms with van der Waals surface area (Å²) in [4.78, 5) is 28.6. The predicted octanol–water partition coefficient (Wildman–Crippen LogP) is 6.64. The molecule has 0 saturated heterocycles. The van der Waals surface area contributed by atoms with Crippen LogP contribution in [0.3, 0.4) is 0 Å². The van der Waals surface area contributed by atoms with Gasteiger partial charge in [-0.25, -0.2) is 4.39 Å². The van der Waals surface area contributed by atoms with E-state index in [2.05, 4.69) is 21.2 Å². The third-order valence-electron chi connectivity index (χ3n) is 5.48. The predicted molar refractivity (Wildman–Crippen MR) is 149 cm³/mol. The highest BCUT2D eigenvalue weighted by atomic mass is 79.9. The number of rotatable bonds is 11. The molecule has 4 nitrogen and oxygen atoms in total. The van der Waals surface area contributed by atoms with Gasteiger partial charge in [0.25, 0.3) is 0 Å². The van der Waals surface area contributed by atoms with E-state index in [9.17, 15) is 14.0 Å². The number of benzene rings is 3.